The van der Waals surface area contributed by atoms with E-state index in [0.29, 0.717) is 12.1 Å². The summed E-state index contributed by atoms with van der Waals surface area (Å²) in [5, 5.41) is 11.7. The van der Waals surface area contributed by atoms with Gasteiger partial charge in [0.25, 0.3) is 0 Å². The molecule has 1 aliphatic rings. The lowest BCUT2D eigenvalue weighted by molar-refractivity contribution is -0.141. The van der Waals surface area contributed by atoms with Crippen molar-refractivity contribution >= 4 is 11.9 Å². The molecule has 0 bridgehead atoms. The van der Waals surface area contributed by atoms with Gasteiger partial charge in [-0.2, -0.15) is 0 Å². The quantitative estimate of drug-likeness (QED) is 0.692. The number of rotatable bonds is 7. The number of ether oxygens (including phenoxy) is 1. The molecule has 0 radical (unpaired) electrons. The molecule has 2 rings (SSSR count). The van der Waals surface area contributed by atoms with E-state index in [2.05, 4.69) is 15.3 Å². The number of aromatic nitrogens is 2. The number of hydrogen-bond donors (Lipinski definition) is 3. The van der Waals surface area contributed by atoms with Gasteiger partial charge in [0.1, 0.15) is 6.04 Å². The maximum Gasteiger partial charge on any atom is 0.326 e. The van der Waals surface area contributed by atoms with E-state index in [0.717, 1.165) is 25.9 Å². The van der Waals surface area contributed by atoms with Crippen molar-refractivity contribution in [1.29, 1.82) is 0 Å². The molecule has 2 atom stereocenters. The monoisotopic (exact) mass is 295 g/mol. The second-order valence-electron chi connectivity index (χ2n) is 5.27. The average Bonchev–Trinajstić information content (AvgIpc) is 2.98. The Hall–Kier alpha value is -1.89. The fourth-order valence-electron chi connectivity index (χ4n) is 2.41. The summed E-state index contributed by atoms with van der Waals surface area (Å²) in [5.41, 5.74) is 0.679. The van der Waals surface area contributed by atoms with Gasteiger partial charge in [0.05, 0.1) is 12.4 Å². The van der Waals surface area contributed by atoms with Crippen molar-refractivity contribution in [2.45, 2.75) is 50.7 Å². The molecule has 1 aliphatic heterocycles. The lowest BCUT2D eigenvalue weighted by Crippen LogP contribution is -2.42. The van der Waals surface area contributed by atoms with E-state index in [9.17, 15) is 9.59 Å². The largest absolute Gasteiger partial charge is 0.480 e. The molecule has 1 aromatic heterocycles. The first-order valence-corrected chi connectivity index (χ1v) is 7.26. The third-order valence-corrected chi connectivity index (χ3v) is 3.58. The first-order valence-electron chi connectivity index (χ1n) is 7.26. The van der Waals surface area contributed by atoms with Crippen LogP contribution < -0.4 is 5.32 Å². The number of aliphatic carboxylic acids is 1. The number of hydrogen-bond acceptors (Lipinski definition) is 4. The maximum atomic E-state index is 11.9. The van der Waals surface area contributed by atoms with Crippen LogP contribution >= 0.6 is 0 Å². The Labute approximate surface area is 123 Å². The van der Waals surface area contributed by atoms with E-state index in [1.165, 1.54) is 6.33 Å². The Morgan fingerprint density at radius 3 is 3.00 bits per heavy atom. The molecule has 0 aromatic carbocycles. The first-order chi connectivity index (χ1) is 10.1. The number of carboxylic acids is 1. The van der Waals surface area contributed by atoms with Crippen LogP contribution in [0.25, 0.3) is 0 Å². The Kier molecular flexibility index (Phi) is 5.74. The summed E-state index contributed by atoms with van der Waals surface area (Å²) in [5.74, 6) is -1.30. The number of nitrogens with zero attached hydrogens (tertiary/aromatic N) is 1. The Bertz CT molecular complexity index is 455. The molecule has 2 heterocycles. The summed E-state index contributed by atoms with van der Waals surface area (Å²) in [6.45, 7) is 0.754. The molecular formula is C14H21N3O4. The van der Waals surface area contributed by atoms with Gasteiger partial charge in [-0.3, -0.25) is 4.79 Å². The topological polar surface area (TPSA) is 104 Å². The van der Waals surface area contributed by atoms with Gasteiger partial charge in [-0.05, 0) is 25.7 Å². The van der Waals surface area contributed by atoms with Crippen molar-refractivity contribution in [3.05, 3.63) is 18.2 Å². The van der Waals surface area contributed by atoms with Crippen molar-refractivity contribution in [1.82, 2.24) is 15.3 Å². The van der Waals surface area contributed by atoms with E-state index in [-0.39, 0.29) is 24.9 Å². The minimum Gasteiger partial charge on any atom is -0.480 e. The number of carbonyl (C=O) groups excluding carboxylic acids is 1. The molecule has 116 valence electrons. The van der Waals surface area contributed by atoms with Crippen molar-refractivity contribution < 1.29 is 19.4 Å². The summed E-state index contributed by atoms with van der Waals surface area (Å²) in [4.78, 5) is 29.7. The lowest BCUT2D eigenvalue weighted by Gasteiger charge is -2.22. The van der Waals surface area contributed by atoms with Crippen LogP contribution in [0.2, 0.25) is 0 Å². The summed E-state index contributed by atoms with van der Waals surface area (Å²) < 4.78 is 5.56. The van der Waals surface area contributed by atoms with Crippen molar-refractivity contribution in [3.63, 3.8) is 0 Å². The van der Waals surface area contributed by atoms with Gasteiger partial charge in [-0.25, -0.2) is 9.78 Å². The predicted molar refractivity (Wildman–Crippen MR) is 74.7 cm³/mol. The summed E-state index contributed by atoms with van der Waals surface area (Å²) >= 11 is 0. The summed E-state index contributed by atoms with van der Waals surface area (Å²) in [6, 6.07) is -0.940. The van der Waals surface area contributed by atoms with Crippen LogP contribution in [-0.2, 0) is 20.7 Å². The maximum absolute atomic E-state index is 11.9. The zero-order chi connectivity index (χ0) is 15.1. The minimum absolute atomic E-state index is 0.125. The standard InChI is InChI=1S/C14H21N3O4/c18-13(5-4-11-3-1-2-6-21-11)17-12(14(19)20)7-10-8-15-9-16-10/h8-9,11-12H,1-7H2,(H,15,16)(H,17,18)(H,19,20). The van der Waals surface area contributed by atoms with Crippen molar-refractivity contribution in [2.24, 2.45) is 0 Å². The number of aromatic amines is 1. The number of imidazole rings is 1. The second kappa shape index (κ2) is 7.78. The van der Waals surface area contributed by atoms with Crippen LogP contribution in [-0.4, -0.2) is 45.7 Å². The number of nitrogens with one attached hydrogen (secondary N) is 2. The fourth-order valence-corrected chi connectivity index (χ4v) is 2.41. The zero-order valence-electron chi connectivity index (χ0n) is 11.9. The van der Waals surface area contributed by atoms with Gasteiger partial charge >= 0.3 is 5.97 Å². The van der Waals surface area contributed by atoms with E-state index in [1.54, 1.807) is 6.20 Å². The average molecular weight is 295 g/mol. The van der Waals surface area contributed by atoms with Gasteiger partial charge in [-0.15, -0.1) is 0 Å². The van der Waals surface area contributed by atoms with Gasteiger partial charge in [-0.1, -0.05) is 0 Å². The van der Waals surface area contributed by atoms with Crippen LogP contribution in [0.4, 0.5) is 0 Å². The number of carboxylic acid groups (broad SMARTS) is 1. The normalized spacial score (nSPS) is 19.9. The van der Waals surface area contributed by atoms with Crippen LogP contribution in [0.3, 0.4) is 0 Å². The highest BCUT2D eigenvalue weighted by molar-refractivity contribution is 5.83. The van der Waals surface area contributed by atoms with E-state index < -0.39 is 12.0 Å². The molecule has 7 nitrogen and oxygen atoms in total. The van der Waals surface area contributed by atoms with Crippen LogP contribution in [0.1, 0.15) is 37.8 Å². The zero-order valence-corrected chi connectivity index (χ0v) is 11.9. The molecule has 0 saturated carbocycles. The fraction of sp³-hybridized carbons (Fsp3) is 0.643. The Morgan fingerprint density at radius 2 is 2.38 bits per heavy atom. The molecule has 1 amide bonds. The van der Waals surface area contributed by atoms with E-state index in [4.69, 9.17) is 9.84 Å². The summed E-state index contributed by atoms with van der Waals surface area (Å²) in [6.07, 6.45) is 7.47. The third kappa shape index (κ3) is 5.18. The van der Waals surface area contributed by atoms with Gasteiger partial charge in [0.2, 0.25) is 5.91 Å². The molecule has 1 aromatic rings. The molecule has 0 spiro atoms. The van der Waals surface area contributed by atoms with Gasteiger partial charge < -0.3 is 20.1 Å². The molecule has 21 heavy (non-hydrogen) atoms. The number of H-pyrrole nitrogens is 1. The SMILES string of the molecule is O=C(CCC1CCCCO1)NC(Cc1cnc[nH]1)C(=O)O. The third-order valence-electron chi connectivity index (χ3n) is 3.58. The molecule has 2 unspecified atom stereocenters. The molecule has 3 N–H and O–H groups in total. The van der Waals surface area contributed by atoms with E-state index >= 15 is 0 Å². The molecule has 1 fully saturated rings. The van der Waals surface area contributed by atoms with Crippen LogP contribution in [0.5, 0.6) is 0 Å². The van der Waals surface area contributed by atoms with Gasteiger partial charge in [0.15, 0.2) is 0 Å². The molecule has 0 aliphatic carbocycles. The van der Waals surface area contributed by atoms with Crippen molar-refractivity contribution in [3.8, 4) is 0 Å². The first kappa shape index (κ1) is 15.5. The Balaban J connectivity index is 1.76. The smallest absolute Gasteiger partial charge is 0.326 e. The highest BCUT2D eigenvalue weighted by Crippen LogP contribution is 2.16. The highest BCUT2D eigenvalue weighted by Gasteiger charge is 2.22. The second-order valence-corrected chi connectivity index (χ2v) is 5.27. The van der Waals surface area contributed by atoms with Crippen LogP contribution in [0, 0.1) is 0 Å². The highest BCUT2D eigenvalue weighted by atomic mass is 16.5. The lowest BCUT2D eigenvalue weighted by atomic mass is 10.0. The summed E-state index contributed by atoms with van der Waals surface area (Å²) in [7, 11) is 0. The minimum atomic E-state index is -1.05. The number of carbonyl (C=O) groups is 2. The van der Waals surface area contributed by atoms with Crippen molar-refractivity contribution in [2.75, 3.05) is 6.61 Å². The molecule has 1 saturated heterocycles. The van der Waals surface area contributed by atoms with Gasteiger partial charge in [0, 0.05) is 31.3 Å². The molecular weight excluding hydrogens is 274 g/mol. The Morgan fingerprint density at radius 1 is 1.52 bits per heavy atom. The number of amides is 1. The predicted octanol–water partition coefficient (Wildman–Crippen LogP) is 0.871. The van der Waals surface area contributed by atoms with E-state index in [1.807, 2.05) is 0 Å². The van der Waals surface area contributed by atoms with Crippen LogP contribution in [0.15, 0.2) is 12.5 Å². The molecule has 7 heteroatoms.